The molecular weight excluding hydrogens is 327 g/mol. The van der Waals surface area contributed by atoms with Crippen molar-refractivity contribution in [3.05, 3.63) is 35.9 Å². The van der Waals surface area contributed by atoms with Gasteiger partial charge < -0.3 is 9.90 Å². The summed E-state index contributed by atoms with van der Waals surface area (Å²) in [7, 11) is 0. The minimum absolute atomic E-state index is 0.124. The van der Waals surface area contributed by atoms with E-state index in [1.807, 2.05) is 30.3 Å². The van der Waals surface area contributed by atoms with E-state index in [-0.39, 0.29) is 11.8 Å². The molecule has 1 aliphatic rings. The third kappa shape index (κ3) is 2.88. The highest BCUT2D eigenvalue weighted by Gasteiger charge is 2.38. The molecule has 1 fully saturated rings. The van der Waals surface area contributed by atoms with E-state index in [1.54, 1.807) is 0 Å². The number of benzene rings is 1. The normalized spacial score (nSPS) is 28.4. The fraction of sp³-hybridized carbons (Fsp3) is 0.500. The number of carbonyl (C=O) groups is 1. The number of rotatable bonds is 3. The van der Waals surface area contributed by atoms with E-state index < -0.39 is 3.61 Å². The molecule has 0 radical (unpaired) electrons. The fourth-order valence-corrected chi connectivity index (χ4v) is 3.53. The van der Waals surface area contributed by atoms with Crippen molar-refractivity contribution in [1.82, 2.24) is 0 Å². The van der Waals surface area contributed by atoms with Crippen molar-refractivity contribution >= 4 is 28.9 Å². The molecule has 3 unspecified atom stereocenters. The molecule has 1 saturated carbocycles. The molecule has 1 aromatic carbocycles. The lowest BCUT2D eigenvalue weighted by Crippen LogP contribution is -2.33. The Bertz CT molecular complexity index is 375. The fourth-order valence-electron chi connectivity index (χ4n) is 2.61. The van der Waals surface area contributed by atoms with Gasteiger partial charge in [0.1, 0.15) is 9.89 Å². The first-order valence-corrected chi connectivity index (χ1v) is 7.14. The standard InChI is InChI=1S/C14H17IO2/c15-14(17,12-6-2-1-3-7-12)13-8-4-5-11(9-13)10-16/h1-3,6-7,10-11,13,17H,4-5,8-9H2. The third-order valence-corrected chi connectivity index (χ3v) is 5.13. The van der Waals surface area contributed by atoms with E-state index >= 15 is 0 Å². The first-order chi connectivity index (χ1) is 8.14. The maximum Gasteiger partial charge on any atom is 0.143 e. The van der Waals surface area contributed by atoms with Crippen molar-refractivity contribution in [2.24, 2.45) is 11.8 Å². The van der Waals surface area contributed by atoms with Crippen LogP contribution in [0, 0.1) is 11.8 Å². The minimum Gasteiger partial charge on any atom is -0.375 e. The van der Waals surface area contributed by atoms with Gasteiger partial charge in [-0.15, -0.1) is 0 Å². The first-order valence-electron chi connectivity index (χ1n) is 6.06. The van der Waals surface area contributed by atoms with Crippen LogP contribution in [0.4, 0.5) is 0 Å². The third-order valence-electron chi connectivity index (χ3n) is 3.63. The topological polar surface area (TPSA) is 37.3 Å². The second-order valence-corrected chi connectivity index (χ2v) is 6.44. The smallest absolute Gasteiger partial charge is 0.143 e. The van der Waals surface area contributed by atoms with Gasteiger partial charge in [-0.3, -0.25) is 0 Å². The summed E-state index contributed by atoms with van der Waals surface area (Å²) >= 11 is 2.13. The number of alkyl halides is 1. The maximum atomic E-state index is 10.9. The van der Waals surface area contributed by atoms with Crippen molar-refractivity contribution in [3.8, 4) is 0 Å². The molecule has 1 aromatic rings. The molecule has 0 aromatic heterocycles. The number of carbonyl (C=O) groups excluding carboxylic acids is 1. The summed E-state index contributed by atoms with van der Waals surface area (Å²) in [5.41, 5.74) is 0.942. The molecule has 17 heavy (non-hydrogen) atoms. The second-order valence-electron chi connectivity index (χ2n) is 4.80. The first kappa shape index (κ1) is 13.0. The zero-order chi connectivity index (χ0) is 12.3. The molecule has 1 aliphatic carbocycles. The lowest BCUT2D eigenvalue weighted by molar-refractivity contribution is -0.113. The Morgan fingerprint density at radius 2 is 2.00 bits per heavy atom. The Hall–Kier alpha value is -0.420. The highest BCUT2D eigenvalue weighted by Crippen LogP contribution is 2.45. The molecular formula is C14H17IO2. The van der Waals surface area contributed by atoms with Crippen molar-refractivity contribution in [2.75, 3.05) is 0 Å². The molecule has 0 heterocycles. The van der Waals surface area contributed by atoms with Crippen LogP contribution in [-0.4, -0.2) is 11.4 Å². The Labute approximate surface area is 116 Å². The highest BCUT2D eigenvalue weighted by atomic mass is 127. The molecule has 0 aliphatic heterocycles. The van der Waals surface area contributed by atoms with Crippen LogP contribution in [0.2, 0.25) is 0 Å². The Morgan fingerprint density at radius 1 is 1.29 bits per heavy atom. The van der Waals surface area contributed by atoms with Gasteiger partial charge in [0.25, 0.3) is 0 Å². The molecule has 0 amide bonds. The number of hydrogen-bond donors (Lipinski definition) is 1. The van der Waals surface area contributed by atoms with E-state index in [4.69, 9.17) is 0 Å². The van der Waals surface area contributed by atoms with Crippen molar-refractivity contribution < 1.29 is 9.90 Å². The van der Waals surface area contributed by atoms with E-state index in [2.05, 4.69) is 22.6 Å². The highest BCUT2D eigenvalue weighted by molar-refractivity contribution is 14.1. The zero-order valence-corrected chi connectivity index (χ0v) is 11.8. The Morgan fingerprint density at radius 3 is 2.65 bits per heavy atom. The van der Waals surface area contributed by atoms with Crippen molar-refractivity contribution in [3.63, 3.8) is 0 Å². The summed E-state index contributed by atoms with van der Waals surface area (Å²) in [5.74, 6) is 0.299. The summed E-state index contributed by atoms with van der Waals surface area (Å²) in [6.45, 7) is 0. The van der Waals surface area contributed by atoms with E-state index in [0.29, 0.717) is 0 Å². The van der Waals surface area contributed by atoms with E-state index in [9.17, 15) is 9.90 Å². The molecule has 92 valence electrons. The van der Waals surface area contributed by atoms with Crippen LogP contribution in [0.1, 0.15) is 31.2 Å². The van der Waals surface area contributed by atoms with Crippen LogP contribution < -0.4 is 0 Å². The van der Waals surface area contributed by atoms with Crippen LogP contribution in [0.25, 0.3) is 0 Å². The zero-order valence-electron chi connectivity index (χ0n) is 9.68. The van der Waals surface area contributed by atoms with Gasteiger partial charge in [-0.05, 0) is 47.4 Å². The molecule has 2 rings (SSSR count). The number of halogens is 1. The molecule has 1 N–H and O–H groups in total. The average Bonchev–Trinajstić information content (AvgIpc) is 2.40. The van der Waals surface area contributed by atoms with E-state index in [0.717, 1.165) is 37.5 Å². The average molecular weight is 344 g/mol. The number of aldehydes is 1. The molecule has 0 bridgehead atoms. The monoisotopic (exact) mass is 344 g/mol. The summed E-state index contributed by atoms with van der Waals surface area (Å²) in [6, 6.07) is 9.75. The summed E-state index contributed by atoms with van der Waals surface area (Å²) in [5, 5.41) is 10.7. The molecule has 2 nitrogen and oxygen atoms in total. The predicted octanol–water partition coefficient (Wildman–Crippen LogP) is 3.27. The van der Waals surface area contributed by atoms with Gasteiger partial charge >= 0.3 is 0 Å². The SMILES string of the molecule is O=CC1CCCC(C(O)(I)c2ccccc2)C1. The quantitative estimate of drug-likeness (QED) is 0.519. The molecule has 0 spiro atoms. The van der Waals surface area contributed by atoms with Crippen LogP contribution >= 0.6 is 22.6 Å². The summed E-state index contributed by atoms with van der Waals surface area (Å²) < 4.78 is -0.847. The van der Waals surface area contributed by atoms with E-state index in [1.165, 1.54) is 0 Å². The number of hydrogen-bond acceptors (Lipinski definition) is 2. The molecule has 3 heteroatoms. The van der Waals surface area contributed by atoms with Crippen LogP contribution in [0.3, 0.4) is 0 Å². The second kappa shape index (κ2) is 5.48. The Kier molecular flexibility index (Phi) is 4.20. The van der Waals surface area contributed by atoms with Gasteiger partial charge in [-0.2, -0.15) is 0 Å². The lowest BCUT2D eigenvalue weighted by Gasteiger charge is -2.36. The van der Waals surface area contributed by atoms with Crippen molar-refractivity contribution in [2.45, 2.75) is 29.3 Å². The molecule has 3 atom stereocenters. The Balaban J connectivity index is 2.17. The van der Waals surface area contributed by atoms with Gasteiger partial charge in [0, 0.05) is 11.8 Å². The summed E-state index contributed by atoms with van der Waals surface area (Å²) in [4.78, 5) is 10.9. The van der Waals surface area contributed by atoms with Gasteiger partial charge in [-0.25, -0.2) is 0 Å². The largest absolute Gasteiger partial charge is 0.375 e. The van der Waals surface area contributed by atoms with Crippen LogP contribution in [0.5, 0.6) is 0 Å². The van der Waals surface area contributed by atoms with Gasteiger partial charge in [-0.1, -0.05) is 36.8 Å². The maximum absolute atomic E-state index is 10.9. The van der Waals surface area contributed by atoms with Gasteiger partial charge in [0.2, 0.25) is 0 Å². The minimum atomic E-state index is -0.847. The van der Waals surface area contributed by atoms with Crippen molar-refractivity contribution in [1.29, 1.82) is 0 Å². The number of aliphatic hydroxyl groups is 1. The molecule has 0 saturated heterocycles. The van der Waals surface area contributed by atoms with Crippen LogP contribution in [-0.2, 0) is 8.40 Å². The predicted molar refractivity (Wildman–Crippen MR) is 75.9 cm³/mol. The van der Waals surface area contributed by atoms with Crippen LogP contribution in [0.15, 0.2) is 30.3 Å². The van der Waals surface area contributed by atoms with Gasteiger partial charge in [0.05, 0.1) is 0 Å². The van der Waals surface area contributed by atoms with Gasteiger partial charge in [0.15, 0.2) is 0 Å². The summed E-state index contributed by atoms with van der Waals surface area (Å²) in [6.07, 6.45) is 4.86. The lowest BCUT2D eigenvalue weighted by atomic mass is 9.77.